The molecule has 1 heterocycles. The molecule has 0 aliphatic rings. The van der Waals surface area contributed by atoms with Crippen LogP contribution in [0.1, 0.15) is 10.4 Å². The number of aromatic nitrogens is 1. The molecule has 1 aromatic carbocycles. The average molecular weight is 390 g/mol. The van der Waals surface area contributed by atoms with Crippen molar-refractivity contribution in [3.8, 4) is 5.75 Å². The molecule has 0 bridgehead atoms. The van der Waals surface area contributed by atoms with Gasteiger partial charge in [-0.25, -0.2) is 0 Å². The lowest BCUT2D eigenvalue weighted by Gasteiger charge is -2.09. The molecule has 0 unspecified atom stereocenters. The Bertz CT molecular complexity index is 653. The number of benzene rings is 1. The Kier molecular flexibility index (Phi) is 5.85. The lowest BCUT2D eigenvalue weighted by Crippen LogP contribution is -2.28. The van der Waals surface area contributed by atoms with E-state index in [0.29, 0.717) is 27.9 Å². The minimum atomic E-state index is -0.218. The molecule has 0 aliphatic heterocycles. The molecule has 2 rings (SSSR count). The first kappa shape index (κ1) is 16.1. The van der Waals surface area contributed by atoms with Crippen molar-refractivity contribution in [2.75, 3.05) is 13.2 Å². The van der Waals surface area contributed by atoms with E-state index in [4.69, 9.17) is 27.9 Å². The van der Waals surface area contributed by atoms with E-state index in [1.165, 1.54) is 6.20 Å². The van der Waals surface area contributed by atoms with Crippen molar-refractivity contribution in [3.63, 3.8) is 0 Å². The molecule has 1 N–H and O–H groups in total. The van der Waals surface area contributed by atoms with E-state index < -0.39 is 0 Å². The third kappa shape index (κ3) is 4.59. The molecule has 4 nitrogen and oxygen atoms in total. The number of amides is 1. The number of carbonyl (C=O) groups excluding carboxylic acids is 1. The van der Waals surface area contributed by atoms with Gasteiger partial charge in [-0.1, -0.05) is 29.3 Å². The predicted molar refractivity (Wildman–Crippen MR) is 86.2 cm³/mol. The molecule has 1 amide bonds. The topological polar surface area (TPSA) is 51.2 Å². The zero-order valence-corrected chi connectivity index (χ0v) is 13.9. The summed E-state index contributed by atoms with van der Waals surface area (Å²) in [6.07, 6.45) is 3.11. The van der Waals surface area contributed by atoms with Crippen molar-refractivity contribution in [2.45, 2.75) is 0 Å². The fraction of sp³-hybridized carbons (Fsp3) is 0.143. The summed E-state index contributed by atoms with van der Waals surface area (Å²) in [5.74, 6) is 0.270. The van der Waals surface area contributed by atoms with Crippen LogP contribution in [-0.2, 0) is 0 Å². The molecule has 0 saturated heterocycles. The maximum absolute atomic E-state index is 11.9. The number of nitrogens with zero attached hydrogens (tertiary/aromatic N) is 1. The van der Waals surface area contributed by atoms with E-state index in [2.05, 4.69) is 26.2 Å². The van der Waals surface area contributed by atoms with Crippen molar-refractivity contribution in [1.29, 1.82) is 0 Å². The van der Waals surface area contributed by atoms with E-state index in [-0.39, 0.29) is 12.5 Å². The highest BCUT2D eigenvalue weighted by Crippen LogP contribution is 2.31. The summed E-state index contributed by atoms with van der Waals surface area (Å²) in [6.45, 7) is 0.626. The molecule has 0 radical (unpaired) electrons. The molecule has 0 atom stereocenters. The highest BCUT2D eigenvalue weighted by molar-refractivity contribution is 9.10. The maximum atomic E-state index is 11.9. The van der Waals surface area contributed by atoms with Gasteiger partial charge in [0.1, 0.15) is 17.4 Å². The molecule has 1 aromatic heterocycles. The van der Waals surface area contributed by atoms with Crippen LogP contribution in [0.4, 0.5) is 0 Å². The van der Waals surface area contributed by atoms with Gasteiger partial charge >= 0.3 is 0 Å². The smallest absolute Gasteiger partial charge is 0.253 e. The minimum absolute atomic E-state index is 0.218. The van der Waals surface area contributed by atoms with Crippen molar-refractivity contribution >= 4 is 45.0 Å². The van der Waals surface area contributed by atoms with Crippen molar-refractivity contribution < 1.29 is 9.53 Å². The van der Waals surface area contributed by atoms with Gasteiger partial charge in [-0.05, 0) is 34.1 Å². The van der Waals surface area contributed by atoms with Gasteiger partial charge in [-0.2, -0.15) is 0 Å². The van der Waals surface area contributed by atoms with Gasteiger partial charge in [0.25, 0.3) is 5.91 Å². The first-order valence-corrected chi connectivity index (χ1v) is 7.58. The van der Waals surface area contributed by atoms with Gasteiger partial charge in [-0.15, -0.1) is 0 Å². The Morgan fingerprint density at radius 2 is 2.14 bits per heavy atom. The van der Waals surface area contributed by atoms with Gasteiger partial charge in [0.2, 0.25) is 0 Å². The molecule has 0 spiro atoms. The Labute approximate surface area is 140 Å². The molecular weight excluding hydrogens is 379 g/mol. The highest BCUT2D eigenvalue weighted by atomic mass is 79.9. The monoisotopic (exact) mass is 388 g/mol. The molecule has 0 fully saturated rings. The number of hydrogen-bond donors (Lipinski definition) is 1. The first-order valence-electron chi connectivity index (χ1n) is 6.03. The molecule has 110 valence electrons. The molecular formula is C14H11BrCl2N2O2. The summed E-state index contributed by atoms with van der Waals surface area (Å²) >= 11 is 15.1. The van der Waals surface area contributed by atoms with Gasteiger partial charge < -0.3 is 10.1 Å². The Hall–Kier alpha value is -1.30. The molecule has 21 heavy (non-hydrogen) atoms. The lowest BCUT2D eigenvalue weighted by atomic mass is 10.3. The summed E-state index contributed by atoms with van der Waals surface area (Å²) in [5, 5.41) is 3.52. The average Bonchev–Trinajstić information content (AvgIpc) is 2.47. The van der Waals surface area contributed by atoms with Crippen molar-refractivity contribution in [1.82, 2.24) is 10.3 Å². The summed E-state index contributed by atoms with van der Waals surface area (Å²) in [6, 6.07) is 6.83. The van der Waals surface area contributed by atoms with E-state index in [0.717, 1.165) is 4.47 Å². The molecule has 2 aromatic rings. The van der Waals surface area contributed by atoms with Crippen LogP contribution in [0.2, 0.25) is 10.0 Å². The predicted octanol–water partition coefficient (Wildman–Crippen LogP) is 3.96. The third-order valence-electron chi connectivity index (χ3n) is 2.53. The van der Waals surface area contributed by atoms with Gasteiger partial charge in [0.15, 0.2) is 0 Å². The fourth-order valence-electron chi connectivity index (χ4n) is 1.56. The first-order chi connectivity index (χ1) is 10.1. The van der Waals surface area contributed by atoms with Crippen molar-refractivity contribution in [3.05, 3.63) is 56.7 Å². The number of rotatable bonds is 5. The standard InChI is InChI=1S/C14H11BrCl2N2O2/c15-10-6-9(7-18-8-10)14(20)19-4-5-21-12-3-1-2-11(16)13(12)17/h1-3,6-8H,4-5H2,(H,19,20). The van der Waals surface area contributed by atoms with Crippen LogP contribution in [0.15, 0.2) is 41.1 Å². The maximum Gasteiger partial charge on any atom is 0.253 e. The Balaban J connectivity index is 1.82. The summed E-state index contributed by atoms with van der Waals surface area (Å²) < 4.78 is 6.22. The number of halogens is 3. The minimum Gasteiger partial charge on any atom is -0.490 e. The lowest BCUT2D eigenvalue weighted by molar-refractivity contribution is 0.0946. The number of pyridine rings is 1. The second-order valence-corrected chi connectivity index (χ2v) is 5.75. The van der Waals surface area contributed by atoms with Crippen LogP contribution in [0.5, 0.6) is 5.75 Å². The quantitative estimate of drug-likeness (QED) is 0.787. The molecule has 0 aliphatic carbocycles. The number of nitrogens with one attached hydrogen (secondary N) is 1. The second kappa shape index (κ2) is 7.64. The highest BCUT2D eigenvalue weighted by Gasteiger charge is 2.07. The largest absolute Gasteiger partial charge is 0.490 e. The fourth-order valence-corrected chi connectivity index (χ4v) is 2.27. The third-order valence-corrected chi connectivity index (χ3v) is 3.76. The van der Waals surface area contributed by atoms with Crippen molar-refractivity contribution in [2.24, 2.45) is 0 Å². The number of ether oxygens (including phenoxy) is 1. The summed E-state index contributed by atoms with van der Waals surface area (Å²) in [4.78, 5) is 15.8. The van der Waals surface area contributed by atoms with Crippen LogP contribution in [0.3, 0.4) is 0 Å². The van der Waals surface area contributed by atoms with Crippen LogP contribution in [0.25, 0.3) is 0 Å². The summed E-state index contributed by atoms with van der Waals surface area (Å²) in [5.41, 5.74) is 0.477. The van der Waals surface area contributed by atoms with Crippen LogP contribution < -0.4 is 10.1 Å². The number of carbonyl (C=O) groups is 1. The molecule has 7 heteroatoms. The Morgan fingerprint density at radius 1 is 1.33 bits per heavy atom. The number of hydrogen-bond acceptors (Lipinski definition) is 3. The van der Waals surface area contributed by atoms with Gasteiger partial charge in [0.05, 0.1) is 17.1 Å². The van der Waals surface area contributed by atoms with E-state index in [9.17, 15) is 4.79 Å². The molecule has 0 saturated carbocycles. The zero-order valence-electron chi connectivity index (χ0n) is 10.8. The SMILES string of the molecule is O=C(NCCOc1cccc(Cl)c1Cl)c1cncc(Br)c1. The Morgan fingerprint density at radius 3 is 2.90 bits per heavy atom. The van der Waals surface area contributed by atoms with Gasteiger partial charge in [-0.3, -0.25) is 9.78 Å². The van der Waals surface area contributed by atoms with E-state index >= 15 is 0 Å². The van der Waals surface area contributed by atoms with Gasteiger partial charge in [0, 0.05) is 16.9 Å². The van der Waals surface area contributed by atoms with E-state index in [1.54, 1.807) is 30.5 Å². The van der Waals surface area contributed by atoms with Crippen LogP contribution in [-0.4, -0.2) is 24.0 Å². The van der Waals surface area contributed by atoms with E-state index in [1.807, 2.05) is 0 Å². The second-order valence-electron chi connectivity index (χ2n) is 4.05. The summed E-state index contributed by atoms with van der Waals surface area (Å²) in [7, 11) is 0. The van der Waals surface area contributed by atoms with Crippen LogP contribution >= 0.6 is 39.1 Å². The zero-order chi connectivity index (χ0) is 15.2. The van der Waals surface area contributed by atoms with Crippen LogP contribution in [0, 0.1) is 0 Å². The normalized spacial score (nSPS) is 10.2.